The lowest BCUT2D eigenvalue weighted by Gasteiger charge is -2.00. The lowest BCUT2D eigenvalue weighted by molar-refractivity contribution is 0.783. The van der Waals surface area contributed by atoms with E-state index in [-0.39, 0.29) is 0 Å². The lowest BCUT2D eigenvalue weighted by atomic mass is 10.4. The van der Waals surface area contributed by atoms with Gasteiger partial charge in [-0.1, -0.05) is 0 Å². The summed E-state index contributed by atoms with van der Waals surface area (Å²) in [7, 11) is 0. The molecule has 2 rings (SSSR count). The van der Waals surface area contributed by atoms with Crippen molar-refractivity contribution in [2.24, 2.45) is 0 Å². The molecule has 0 atom stereocenters. The first kappa shape index (κ1) is 8.80. The molecule has 5 heteroatoms. The molecular weight excluding hydrogens is 178 g/mol. The van der Waals surface area contributed by atoms with Gasteiger partial charge >= 0.3 is 0 Å². The van der Waals surface area contributed by atoms with Gasteiger partial charge in [0.1, 0.15) is 12.2 Å². The Balaban J connectivity index is 2.51. The minimum absolute atomic E-state index is 0.572. The lowest BCUT2D eigenvalue weighted by Crippen LogP contribution is -2.04. The van der Waals surface area contributed by atoms with E-state index in [9.17, 15) is 0 Å². The predicted octanol–water partition coefficient (Wildman–Crippen LogP) is 0.983. The Morgan fingerprint density at radius 2 is 1.71 bits per heavy atom. The fraction of sp³-hybridized carbons (Fsp3) is 0.333. The van der Waals surface area contributed by atoms with Gasteiger partial charge in [-0.15, -0.1) is 5.10 Å². The largest absolute Gasteiger partial charge is 0.252 e. The average Bonchev–Trinajstić information content (AvgIpc) is 2.50. The molecule has 5 nitrogen and oxygen atoms in total. The van der Waals surface area contributed by atoms with Crippen LogP contribution in [-0.2, 0) is 0 Å². The molecule has 2 heterocycles. The van der Waals surface area contributed by atoms with E-state index in [1.807, 2.05) is 26.8 Å². The zero-order chi connectivity index (χ0) is 10.1. The zero-order valence-corrected chi connectivity index (χ0v) is 8.39. The summed E-state index contributed by atoms with van der Waals surface area (Å²) in [6, 6.07) is 1.92. The molecule has 72 valence electrons. The predicted molar refractivity (Wildman–Crippen MR) is 51.2 cm³/mol. The van der Waals surface area contributed by atoms with Gasteiger partial charge < -0.3 is 0 Å². The third-order valence-corrected chi connectivity index (χ3v) is 1.78. The van der Waals surface area contributed by atoms with Crippen molar-refractivity contribution in [3.05, 3.63) is 29.6 Å². The van der Waals surface area contributed by atoms with Crippen LogP contribution >= 0.6 is 0 Å². The van der Waals surface area contributed by atoms with Crippen molar-refractivity contribution in [3.8, 4) is 5.95 Å². The van der Waals surface area contributed by atoms with Crippen LogP contribution in [0, 0.1) is 20.8 Å². The molecule has 0 aliphatic heterocycles. The SMILES string of the molecule is Cc1cc(C)nc(-n2cnc(C)n2)n1. The molecule has 0 spiro atoms. The van der Waals surface area contributed by atoms with Gasteiger partial charge in [-0.3, -0.25) is 0 Å². The number of hydrogen-bond donors (Lipinski definition) is 0. The van der Waals surface area contributed by atoms with Gasteiger partial charge in [0.25, 0.3) is 5.95 Å². The summed E-state index contributed by atoms with van der Waals surface area (Å²) in [5, 5.41) is 4.14. The summed E-state index contributed by atoms with van der Waals surface area (Å²) in [4.78, 5) is 12.6. The van der Waals surface area contributed by atoms with Gasteiger partial charge in [0.05, 0.1) is 0 Å². The van der Waals surface area contributed by atoms with E-state index in [1.54, 1.807) is 11.0 Å². The zero-order valence-electron chi connectivity index (χ0n) is 8.39. The van der Waals surface area contributed by atoms with Crippen molar-refractivity contribution in [1.29, 1.82) is 0 Å². The third-order valence-electron chi connectivity index (χ3n) is 1.78. The summed E-state index contributed by atoms with van der Waals surface area (Å²) in [5.41, 5.74) is 1.86. The van der Waals surface area contributed by atoms with Crippen molar-refractivity contribution in [2.45, 2.75) is 20.8 Å². The minimum Gasteiger partial charge on any atom is -0.220 e. The highest BCUT2D eigenvalue weighted by atomic mass is 15.4. The van der Waals surface area contributed by atoms with Crippen LogP contribution in [0.5, 0.6) is 0 Å². The van der Waals surface area contributed by atoms with Crippen LogP contribution < -0.4 is 0 Å². The summed E-state index contributed by atoms with van der Waals surface area (Å²) < 4.78 is 1.58. The van der Waals surface area contributed by atoms with E-state index in [0.717, 1.165) is 11.4 Å². The number of aromatic nitrogens is 5. The molecule has 0 fully saturated rings. The number of nitrogens with zero attached hydrogens (tertiary/aromatic N) is 5. The normalized spacial score (nSPS) is 10.5. The Morgan fingerprint density at radius 3 is 2.21 bits per heavy atom. The topological polar surface area (TPSA) is 56.5 Å². The van der Waals surface area contributed by atoms with Crippen LogP contribution in [-0.4, -0.2) is 24.7 Å². The number of rotatable bonds is 1. The van der Waals surface area contributed by atoms with Gasteiger partial charge in [0, 0.05) is 11.4 Å². The van der Waals surface area contributed by atoms with E-state index in [2.05, 4.69) is 20.1 Å². The van der Waals surface area contributed by atoms with Gasteiger partial charge in [-0.05, 0) is 26.8 Å². The van der Waals surface area contributed by atoms with Crippen LogP contribution in [0.25, 0.3) is 5.95 Å². The highest BCUT2D eigenvalue weighted by Gasteiger charge is 2.03. The van der Waals surface area contributed by atoms with Crippen molar-refractivity contribution in [2.75, 3.05) is 0 Å². The van der Waals surface area contributed by atoms with E-state index in [4.69, 9.17) is 0 Å². The summed E-state index contributed by atoms with van der Waals surface area (Å²) >= 11 is 0. The summed E-state index contributed by atoms with van der Waals surface area (Å²) in [5.74, 6) is 1.29. The Hall–Kier alpha value is -1.78. The fourth-order valence-corrected chi connectivity index (χ4v) is 1.25. The molecule has 0 bridgehead atoms. The number of aryl methyl sites for hydroxylation is 3. The van der Waals surface area contributed by atoms with Gasteiger partial charge in [0.15, 0.2) is 0 Å². The molecule has 0 unspecified atom stereocenters. The highest BCUT2D eigenvalue weighted by molar-refractivity contribution is 5.16. The first-order valence-corrected chi connectivity index (χ1v) is 4.36. The maximum Gasteiger partial charge on any atom is 0.252 e. The molecule has 2 aromatic rings. The maximum absolute atomic E-state index is 4.27. The first-order valence-electron chi connectivity index (χ1n) is 4.36. The van der Waals surface area contributed by atoms with Gasteiger partial charge in [-0.25, -0.2) is 15.0 Å². The van der Waals surface area contributed by atoms with Crippen LogP contribution in [0.3, 0.4) is 0 Å². The van der Waals surface area contributed by atoms with Crippen LogP contribution in [0.15, 0.2) is 12.4 Å². The van der Waals surface area contributed by atoms with Gasteiger partial charge in [-0.2, -0.15) is 4.68 Å². The number of hydrogen-bond acceptors (Lipinski definition) is 4. The van der Waals surface area contributed by atoms with Crippen molar-refractivity contribution >= 4 is 0 Å². The smallest absolute Gasteiger partial charge is 0.220 e. The quantitative estimate of drug-likeness (QED) is 0.671. The molecule has 0 aliphatic rings. The van der Waals surface area contributed by atoms with Crippen molar-refractivity contribution < 1.29 is 0 Å². The second kappa shape index (κ2) is 3.17. The molecular formula is C9H11N5. The monoisotopic (exact) mass is 189 g/mol. The third kappa shape index (κ3) is 1.61. The minimum atomic E-state index is 0.572. The highest BCUT2D eigenvalue weighted by Crippen LogP contribution is 2.03. The second-order valence-corrected chi connectivity index (χ2v) is 3.19. The molecule has 0 amide bonds. The van der Waals surface area contributed by atoms with Crippen molar-refractivity contribution in [3.63, 3.8) is 0 Å². The van der Waals surface area contributed by atoms with Crippen LogP contribution in [0.2, 0.25) is 0 Å². The van der Waals surface area contributed by atoms with Crippen molar-refractivity contribution in [1.82, 2.24) is 24.7 Å². The Labute approximate surface area is 81.8 Å². The summed E-state index contributed by atoms with van der Waals surface area (Å²) in [6.07, 6.45) is 1.61. The Kier molecular flexibility index (Phi) is 1.99. The van der Waals surface area contributed by atoms with Gasteiger partial charge in [0.2, 0.25) is 0 Å². The molecule has 2 aromatic heterocycles. The van der Waals surface area contributed by atoms with E-state index >= 15 is 0 Å². The average molecular weight is 189 g/mol. The van der Waals surface area contributed by atoms with E-state index in [0.29, 0.717) is 11.8 Å². The molecule has 0 saturated carbocycles. The molecule has 0 saturated heterocycles. The van der Waals surface area contributed by atoms with E-state index < -0.39 is 0 Å². The first-order chi connectivity index (χ1) is 6.65. The molecule has 0 N–H and O–H groups in total. The van der Waals surface area contributed by atoms with E-state index in [1.165, 1.54) is 0 Å². The molecule has 0 radical (unpaired) electrons. The molecule has 14 heavy (non-hydrogen) atoms. The Morgan fingerprint density at radius 1 is 1.07 bits per heavy atom. The summed E-state index contributed by atoms with van der Waals surface area (Å²) in [6.45, 7) is 5.70. The van der Waals surface area contributed by atoms with Crippen LogP contribution in [0.4, 0.5) is 0 Å². The standard InChI is InChI=1S/C9H11N5/c1-6-4-7(2)12-9(11-6)14-5-10-8(3)13-14/h4-5H,1-3H3. The molecule has 0 aromatic carbocycles. The molecule has 0 aliphatic carbocycles. The fourth-order valence-electron chi connectivity index (χ4n) is 1.25. The second-order valence-electron chi connectivity index (χ2n) is 3.19. The maximum atomic E-state index is 4.27. The van der Waals surface area contributed by atoms with Crippen LogP contribution in [0.1, 0.15) is 17.2 Å². The Bertz CT molecular complexity index is 440.